The number of halogens is 2. The highest BCUT2D eigenvalue weighted by atomic mass is 35.5. The van der Waals surface area contributed by atoms with E-state index in [1.165, 1.54) is 0 Å². The van der Waals surface area contributed by atoms with Crippen LogP contribution in [0, 0.1) is 12.8 Å². The summed E-state index contributed by atoms with van der Waals surface area (Å²) in [5, 5.41) is 3.45. The third-order valence-electron chi connectivity index (χ3n) is 3.56. The van der Waals surface area contributed by atoms with E-state index in [1.807, 2.05) is 19.1 Å². The first kappa shape index (κ1) is 16.3. The van der Waals surface area contributed by atoms with Gasteiger partial charge in [-0.3, -0.25) is 4.79 Å². The largest absolute Gasteiger partial charge is 0.327 e. The summed E-state index contributed by atoms with van der Waals surface area (Å²) < 4.78 is 0. The molecule has 106 valence electrons. The van der Waals surface area contributed by atoms with E-state index in [1.54, 1.807) is 6.07 Å². The summed E-state index contributed by atoms with van der Waals surface area (Å²) in [6.07, 6.45) is 3.70. The Bertz CT molecular complexity index is 451. The molecule has 0 aliphatic heterocycles. The lowest BCUT2D eigenvalue weighted by Crippen LogP contribution is -2.28. The minimum absolute atomic E-state index is 0. The van der Waals surface area contributed by atoms with Gasteiger partial charge in [-0.05, 0) is 43.4 Å². The van der Waals surface area contributed by atoms with Gasteiger partial charge in [-0.15, -0.1) is 12.4 Å². The monoisotopic (exact) mass is 302 g/mol. The van der Waals surface area contributed by atoms with Gasteiger partial charge in [0.2, 0.25) is 5.91 Å². The Labute approximate surface area is 125 Å². The van der Waals surface area contributed by atoms with Crippen molar-refractivity contribution in [3.8, 4) is 0 Å². The lowest BCUT2D eigenvalue weighted by Gasteiger charge is -2.15. The van der Waals surface area contributed by atoms with E-state index >= 15 is 0 Å². The summed E-state index contributed by atoms with van der Waals surface area (Å²) in [4.78, 5) is 12.0. The normalized spacial score (nSPS) is 21.8. The fraction of sp³-hybridized carbons (Fsp3) is 0.500. The van der Waals surface area contributed by atoms with Crippen LogP contribution in [0.5, 0.6) is 0 Å². The maximum Gasteiger partial charge on any atom is 0.224 e. The number of carbonyl (C=O) groups is 1. The van der Waals surface area contributed by atoms with Crippen LogP contribution in [0.25, 0.3) is 0 Å². The zero-order chi connectivity index (χ0) is 13.1. The standard InChI is InChI=1S/C14H19ClN2O.ClH/c1-9-5-6-11(15)13(7-9)17-14(18)8-10-3-2-4-12(10)16;/h5-7,10,12H,2-4,8,16H2,1H3,(H,17,18);1H/t10-,12+;/m0./s1. The van der Waals surface area contributed by atoms with Crippen molar-refractivity contribution in [2.75, 3.05) is 5.32 Å². The number of hydrogen-bond donors (Lipinski definition) is 2. The van der Waals surface area contributed by atoms with Crippen LogP contribution in [0.4, 0.5) is 5.69 Å². The highest BCUT2D eigenvalue weighted by molar-refractivity contribution is 6.33. The molecule has 0 bridgehead atoms. The zero-order valence-electron chi connectivity index (χ0n) is 11.0. The van der Waals surface area contributed by atoms with E-state index in [-0.39, 0.29) is 24.4 Å². The van der Waals surface area contributed by atoms with E-state index in [2.05, 4.69) is 5.32 Å². The quantitative estimate of drug-likeness (QED) is 0.897. The van der Waals surface area contributed by atoms with Crippen molar-refractivity contribution in [3.05, 3.63) is 28.8 Å². The topological polar surface area (TPSA) is 55.1 Å². The molecule has 0 saturated heterocycles. The fourth-order valence-electron chi connectivity index (χ4n) is 2.49. The second-order valence-electron chi connectivity index (χ2n) is 5.09. The molecule has 3 N–H and O–H groups in total. The molecule has 1 fully saturated rings. The van der Waals surface area contributed by atoms with Crippen LogP contribution in [-0.2, 0) is 4.79 Å². The number of carbonyl (C=O) groups excluding carboxylic acids is 1. The maximum atomic E-state index is 12.0. The molecule has 2 atom stereocenters. The van der Waals surface area contributed by atoms with Crippen molar-refractivity contribution in [2.45, 2.75) is 38.6 Å². The van der Waals surface area contributed by atoms with E-state index in [4.69, 9.17) is 17.3 Å². The average molecular weight is 303 g/mol. The van der Waals surface area contributed by atoms with Crippen LogP contribution in [0.1, 0.15) is 31.2 Å². The first-order valence-electron chi connectivity index (χ1n) is 6.38. The third-order valence-corrected chi connectivity index (χ3v) is 3.89. The molecule has 0 aromatic heterocycles. The van der Waals surface area contributed by atoms with Crippen LogP contribution >= 0.6 is 24.0 Å². The van der Waals surface area contributed by atoms with Crippen LogP contribution in [0.15, 0.2) is 18.2 Å². The number of nitrogens with two attached hydrogens (primary N) is 1. The number of hydrogen-bond acceptors (Lipinski definition) is 2. The molecule has 5 heteroatoms. The summed E-state index contributed by atoms with van der Waals surface area (Å²) in [7, 11) is 0. The average Bonchev–Trinajstić information content (AvgIpc) is 2.70. The number of nitrogens with one attached hydrogen (secondary N) is 1. The molecule has 1 amide bonds. The van der Waals surface area contributed by atoms with Crippen LogP contribution < -0.4 is 11.1 Å². The van der Waals surface area contributed by atoms with E-state index < -0.39 is 0 Å². The molecule has 1 aliphatic rings. The number of rotatable bonds is 3. The predicted molar refractivity (Wildman–Crippen MR) is 82.0 cm³/mol. The molecule has 19 heavy (non-hydrogen) atoms. The molecule has 0 heterocycles. The van der Waals surface area contributed by atoms with Gasteiger partial charge in [-0.25, -0.2) is 0 Å². The maximum absolute atomic E-state index is 12.0. The Balaban J connectivity index is 0.00000180. The second-order valence-corrected chi connectivity index (χ2v) is 5.50. The molecule has 0 spiro atoms. The summed E-state index contributed by atoms with van der Waals surface area (Å²) in [6, 6.07) is 5.77. The van der Waals surface area contributed by atoms with Gasteiger partial charge in [0, 0.05) is 12.5 Å². The first-order valence-corrected chi connectivity index (χ1v) is 6.75. The molecule has 1 aromatic rings. The molecule has 1 aromatic carbocycles. The van der Waals surface area contributed by atoms with E-state index in [0.717, 1.165) is 24.8 Å². The van der Waals surface area contributed by atoms with Gasteiger partial charge in [0.25, 0.3) is 0 Å². The van der Waals surface area contributed by atoms with Crippen LogP contribution in [0.2, 0.25) is 5.02 Å². The number of benzene rings is 1. The number of anilines is 1. The molecule has 0 radical (unpaired) electrons. The zero-order valence-corrected chi connectivity index (χ0v) is 12.6. The van der Waals surface area contributed by atoms with Crippen molar-refractivity contribution in [1.82, 2.24) is 0 Å². The van der Waals surface area contributed by atoms with Crippen molar-refractivity contribution >= 4 is 35.6 Å². The predicted octanol–water partition coefficient (Wildman–Crippen LogP) is 3.53. The molecular formula is C14H20Cl2N2O. The summed E-state index contributed by atoms with van der Waals surface area (Å²) in [5.74, 6) is 0.318. The van der Waals surface area contributed by atoms with Crippen molar-refractivity contribution in [1.29, 1.82) is 0 Å². The van der Waals surface area contributed by atoms with Gasteiger partial charge in [-0.2, -0.15) is 0 Å². The van der Waals surface area contributed by atoms with Gasteiger partial charge in [0.05, 0.1) is 10.7 Å². The Kier molecular flexibility index (Phi) is 6.11. The van der Waals surface area contributed by atoms with Gasteiger partial charge in [0.15, 0.2) is 0 Å². The highest BCUT2D eigenvalue weighted by Gasteiger charge is 2.26. The van der Waals surface area contributed by atoms with Crippen LogP contribution in [-0.4, -0.2) is 11.9 Å². The van der Waals surface area contributed by atoms with Crippen molar-refractivity contribution < 1.29 is 4.79 Å². The van der Waals surface area contributed by atoms with Crippen LogP contribution in [0.3, 0.4) is 0 Å². The smallest absolute Gasteiger partial charge is 0.224 e. The molecule has 2 rings (SSSR count). The highest BCUT2D eigenvalue weighted by Crippen LogP contribution is 2.28. The third kappa shape index (κ3) is 4.37. The Morgan fingerprint density at radius 1 is 1.47 bits per heavy atom. The molecule has 1 aliphatic carbocycles. The molecular weight excluding hydrogens is 283 g/mol. The van der Waals surface area contributed by atoms with Gasteiger partial charge < -0.3 is 11.1 Å². The van der Waals surface area contributed by atoms with Crippen molar-refractivity contribution in [2.24, 2.45) is 11.7 Å². The summed E-state index contributed by atoms with van der Waals surface area (Å²) >= 11 is 6.05. The minimum atomic E-state index is 0. The Hall–Kier alpha value is -0.770. The minimum Gasteiger partial charge on any atom is -0.327 e. The lowest BCUT2D eigenvalue weighted by molar-refractivity contribution is -0.117. The number of aryl methyl sites for hydroxylation is 1. The number of amides is 1. The molecule has 0 unspecified atom stereocenters. The SMILES string of the molecule is Cc1ccc(Cl)c(NC(=O)C[C@@H]2CCC[C@H]2N)c1.Cl. The lowest BCUT2D eigenvalue weighted by atomic mass is 10.00. The molecule has 1 saturated carbocycles. The second kappa shape index (κ2) is 7.13. The van der Waals surface area contributed by atoms with Crippen molar-refractivity contribution in [3.63, 3.8) is 0 Å². The van der Waals surface area contributed by atoms with E-state index in [9.17, 15) is 4.79 Å². The van der Waals surface area contributed by atoms with E-state index in [0.29, 0.717) is 23.0 Å². The van der Waals surface area contributed by atoms with Gasteiger partial charge in [-0.1, -0.05) is 24.1 Å². The Morgan fingerprint density at radius 2 is 2.21 bits per heavy atom. The fourth-order valence-corrected chi connectivity index (χ4v) is 2.66. The summed E-state index contributed by atoms with van der Waals surface area (Å²) in [5.41, 5.74) is 7.73. The first-order chi connectivity index (χ1) is 8.56. The summed E-state index contributed by atoms with van der Waals surface area (Å²) in [6.45, 7) is 1.97. The van der Waals surface area contributed by atoms with Gasteiger partial charge >= 0.3 is 0 Å². The molecule has 3 nitrogen and oxygen atoms in total. The Morgan fingerprint density at radius 3 is 2.84 bits per heavy atom. The van der Waals surface area contributed by atoms with Gasteiger partial charge in [0.1, 0.15) is 0 Å².